The van der Waals surface area contributed by atoms with Gasteiger partial charge in [-0.15, -0.1) is 0 Å². The molecule has 16 heavy (non-hydrogen) atoms. The van der Waals surface area contributed by atoms with Gasteiger partial charge in [0, 0.05) is 6.61 Å². The Morgan fingerprint density at radius 3 is 2.44 bits per heavy atom. The fraction of sp³-hybridized carbons (Fsp3) is 0.667. The lowest BCUT2D eigenvalue weighted by Crippen LogP contribution is -2.34. The zero-order valence-corrected chi connectivity index (χ0v) is 9.78. The molecule has 0 bridgehead atoms. The lowest BCUT2D eigenvalue weighted by atomic mass is 9.84. The molecule has 0 unspecified atom stereocenters. The van der Waals surface area contributed by atoms with Gasteiger partial charge in [-0.2, -0.15) is 0 Å². The first kappa shape index (κ1) is 11.3. The number of nitrogens with two attached hydrogens (primary N) is 1. The third-order valence-corrected chi connectivity index (χ3v) is 3.16. The maximum Gasteiger partial charge on any atom is 0.160 e. The van der Waals surface area contributed by atoms with E-state index in [0.29, 0.717) is 12.3 Å². The van der Waals surface area contributed by atoms with Crippen molar-refractivity contribution in [3.8, 4) is 0 Å². The van der Waals surface area contributed by atoms with Crippen molar-refractivity contribution in [1.82, 2.24) is 9.97 Å². The van der Waals surface area contributed by atoms with Crippen molar-refractivity contribution in [2.75, 3.05) is 12.3 Å². The van der Waals surface area contributed by atoms with Crippen LogP contribution >= 0.6 is 0 Å². The summed E-state index contributed by atoms with van der Waals surface area (Å²) in [5.41, 5.74) is 5.95. The largest absolute Gasteiger partial charge is 0.396 e. The molecule has 0 radical (unpaired) electrons. The highest BCUT2D eigenvalue weighted by Gasteiger charge is 2.37. The first-order valence-electron chi connectivity index (χ1n) is 5.99. The number of rotatable bonds is 3. The summed E-state index contributed by atoms with van der Waals surface area (Å²) < 4.78 is 5.93. The van der Waals surface area contributed by atoms with Crippen LogP contribution in [0.15, 0.2) is 12.4 Å². The summed E-state index contributed by atoms with van der Waals surface area (Å²) in [7, 11) is 0. The molecule has 1 fully saturated rings. The second-order valence-corrected chi connectivity index (χ2v) is 4.33. The molecule has 0 atom stereocenters. The number of hydrogen-bond acceptors (Lipinski definition) is 4. The first-order valence-corrected chi connectivity index (χ1v) is 5.99. The monoisotopic (exact) mass is 221 g/mol. The van der Waals surface area contributed by atoms with Gasteiger partial charge in [-0.25, -0.2) is 9.97 Å². The zero-order valence-electron chi connectivity index (χ0n) is 9.78. The minimum Gasteiger partial charge on any atom is -0.396 e. The van der Waals surface area contributed by atoms with Gasteiger partial charge in [0.15, 0.2) is 5.82 Å². The van der Waals surface area contributed by atoms with Gasteiger partial charge in [0.05, 0.1) is 18.1 Å². The van der Waals surface area contributed by atoms with Crippen LogP contribution in [0.5, 0.6) is 0 Å². The van der Waals surface area contributed by atoms with Gasteiger partial charge >= 0.3 is 0 Å². The molecule has 2 N–H and O–H groups in total. The van der Waals surface area contributed by atoms with Crippen LogP contribution in [-0.4, -0.2) is 16.6 Å². The Morgan fingerprint density at radius 2 is 1.88 bits per heavy atom. The van der Waals surface area contributed by atoms with Crippen molar-refractivity contribution in [1.29, 1.82) is 0 Å². The molecule has 1 aromatic rings. The van der Waals surface area contributed by atoms with E-state index < -0.39 is 0 Å². The highest BCUT2D eigenvalue weighted by atomic mass is 16.5. The maximum absolute atomic E-state index is 5.93. The molecule has 4 heteroatoms. The molecule has 1 aliphatic carbocycles. The molecule has 4 nitrogen and oxygen atoms in total. The van der Waals surface area contributed by atoms with E-state index in [1.54, 1.807) is 12.4 Å². The maximum atomic E-state index is 5.93. The van der Waals surface area contributed by atoms with Gasteiger partial charge in [-0.05, 0) is 19.8 Å². The van der Waals surface area contributed by atoms with E-state index in [4.69, 9.17) is 10.5 Å². The fourth-order valence-corrected chi connectivity index (χ4v) is 2.40. The Morgan fingerprint density at radius 1 is 1.25 bits per heavy atom. The van der Waals surface area contributed by atoms with E-state index in [1.165, 1.54) is 19.3 Å². The summed E-state index contributed by atoms with van der Waals surface area (Å²) in [6, 6.07) is 0. The van der Waals surface area contributed by atoms with Crippen LogP contribution in [0.4, 0.5) is 5.69 Å². The summed E-state index contributed by atoms with van der Waals surface area (Å²) >= 11 is 0. The van der Waals surface area contributed by atoms with Crippen LogP contribution in [0.1, 0.15) is 44.9 Å². The lowest BCUT2D eigenvalue weighted by Gasteiger charge is -2.35. The van der Waals surface area contributed by atoms with Crippen LogP contribution in [0.2, 0.25) is 0 Å². The van der Waals surface area contributed by atoms with Crippen molar-refractivity contribution < 1.29 is 4.74 Å². The van der Waals surface area contributed by atoms with Gasteiger partial charge in [-0.3, -0.25) is 0 Å². The molecule has 2 rings (SSSR count). The minimum atomic E-state index is -0.263. The van der Waals surface area contributed by atoms with Crippen molar-refractivity contribution in [2.45, 2.75) is 44.6 Å². The Balaban J connectivity index is 2.26. The average Bonchev–Trinajstić information content (AvgIpc) is 2.31. The third kappa shape index (κ3) is 2.16. The number of nitrogen functional groups attached to an aromatic ring is 1. The predicted molar refractivity (Wildman–Crippen MR) is 62.8 cm³/mol. The molecule has 0 aromatic carbocycles. The van der Waals surface area contributed by atoms with Crippen molar-refractivity contribution >= 4 is 5.69 Å². The molecule has 0 saturated heterocycles. The predicted octanol–water partition coefficient (Wildman–Crippen LogP) is 2.25. The van der Waals surface area contributed by atoms with Gasteiger partial charge < -0.3 is 10.5 Å². The Hall–Kier alpha value is -1.16. The number of aromatic nitrogens is 2. The van der Waals surface area contributed by atoms with E-state index in [2.05, 4.69) is 9.97 Å². The standard InChI is InChI=1S/C12H19N3O/c1-2-16-12(6-4-3-5-7-12)11-14-8-10(13)9-15-11/h8-9H,2-7,13H2,1H3. The summed E-state index contributed by atoms with van der Waals surface area (Å²) in [4.78, 5) is 8.66. The van der Waals surface area contributed by atoms with E-state index in [1.807, 2.05) is 6.92 Å². The van der Waals surface area contributed by atoms with E-state index in [-0.39, 0.29) is 5.60 Å². The lowest BCUT2D eigenvalue weighted by molar-refractivity contribution is -0.0766. The molecule has 1 heterocycles. The van der Waals surface area contributed by atoms with Crippen molar-refractivity contribution in [3.63, 3.8) is 0 Å². The molecular weight excluding hydrogens is 202 g/mol. The van der Waals surface area contributed by atoms with Crippen LogP contribution in [0.3, 0.4) is 0 Å². The summed E-state index contributed by atoms with van der Waals surface area (Å²) in [5, 5.41) is 0. The van der Waals surface area contributed by atoms with Gasteiger partial charge in [0.25, 0.3) is 0 Å². The number of hydrogen-bond donors (Lipinski definition) is 1. The Kier molecular flexibility index (Phi) is 3.39. The Bertz CT molecular complexity index is 325. The Labute approximate surface area is 96.2 Å². The molecular formula is C12H19N3O. The average molecular weight is 221 g/mol. The molecule has 1 aliphatic rings. The normalized spacial score (nSPS) is 19.6. The molecule has 1 aromatic heterocycles. The zero-order chi connectivity index (χ0) is 11.4. The first-order chi connectivity index (χ1) is 7.77. The van der Waals surface area contributed by atoms with Gasteiger partial charge in [0.1, 0.15) is 5.60 Å². The molecule has 88 valence electrons. The quantitative estimate of drug-likeness (QED) is 0.850. The third-order valence-electron chi connectivity index (χ3n) is 3.16. The summed E-state index contributed by atoms with van der Waals surface area (Å²) in [6.07, 6.45) is 9.02. The molecule has 0 amide bonds. The molecule has 1 saturated carbocycles. The summed E-state index contributed by atoms with van der Waals surface area (Å²) in [6.45, 7) is 2.72. The number of ether oxygens (including phenoxy) is 1. The van der Waals surface area contributed by atoms with E-state index in [0.717, 1.165) is 18.7 Å². The van der Waals surface area contributed by atoms with Crippen LogP contribution in [0.25, 0.3) is 0 Å². The smallest absolute Gasteiger partial charge is 0.160 e. The SMILES string of the molecule is CCOC1(c2ncc(N)cn2)CCCCC1. The van der Waals surface area contributed by atoms with E-state index >= 15 is 0 Å². The van der Waals surface area contributed by atoms with Gasteiger partial charge in [-0.1, -0.05) is 19.3 Å². The number of nitrogens with zero attached hydrogens (tertiary/aromatic N) is 2. The van der Waals surface area contributed by atoms with Crippen molar-refractivity contribution in [3.05, 3.63) is 18.2 Å². The molecule has 0 spiro atoms. The van der Waals surface area contributed by atoms with Crippen LogP contribution in [0, 0.1) is 0 Å². The topological polar surface area (TPSA) is 61.0 Å². The van der Waals surface area contributed by atoms with Gasteiger partial charge in [0.2, 0.25) is 0 Å². The van der Waals surface area contributed by atoms with Crippen LogP contribution in [-0.2, 0) is 10.3 Å². The highest BCUT2D eigenvalue weighted by Crippen LogP contribution is 2.38. The summed E-state index contributed by atoms with van der Waals surface area (Å²) in [5.74, 6) is 0.795. The molecule has 0 aliphatic heterocycles. The minimum absolute atomic E-state index is 0.263. The van der Waals surface area contributed by atoms with E-state index in [9.17, 15) is 0 Å². The second-order valence-electron chi connectivity index (χ2n) is 4.33. The second kappa shape index (κ2) is 4.78. The highest BCUT2D eigenvalue weighted by molar-refractivity contribution is 5.30. The fourth-order valence-electron chi connectivity index (χ4n) is 2.40. The number of anilines is 1. The van der Waals surface area contributed by atoms with Crippen molar-refractivity contribution in [2.24, 2.45) is 0 Å². The van der Waals surface area contributed by atoms with Crippen LogP contribution < -0.4 is 5.73 Å².